The number of ether oxygens (including phenoxy) is 1. The molecule has 1 aromatic carbocycles. The lowest BCUT2D eigenvalue weighted by Crippen LogP contribution is -2.41. The third-order valence-corrected chi connectivity index (χ3v) is 4.68. The minimum absolute atomic E-state index is 0.128. The Kier molecular flexibility index (Phi) is 7.89. The van der Waals surface area contributed by atoms with Gasteiger partial charge in [-0.05, 0) is 30.9 Å². The molecule has 5 heteroatoms. The number of amides is 2. The number of hydrogen-bond donors (Lipinski definition) is 2. The lowest BCUT2D eigenvalue weighted by Gasteiger charge is -2.28. The Labute approximate surface area is 145 Å². The van der Waals surface area contributed by atoms with E-state index in [1.807, 2.05) is 25.2 Å². The second-order valence-electron chi connectivity index (χ2n) is 6.61. The number of hydrogen-bond acceptors (Lipinski definition) is 3. The highest BCUT2D eigenvalue weighted by molar-refractivity contribution is 5.73. The third-order valence-electron chi connectivity index (χ3n) is 4.68. The Balaban J connectivity index is 1.52. The van der Waals surface area contributed by atoms with Gasteiger partial charge in [0.1, 0.15) is 0 Å². The molecule has 0 heterocycles. The van der Waals surface area contributed by atoms with Gasteiger partial charge in [0, 0.05) is 32.4 Å². The average Bonchev–Trinajstić information content (AvgIpc) is 2.61. The SMILES string of the molecule is CC1CCCCC1OCCNC(=O)NCCN(C)c1ccccc1. The van der Waals surface area contributed by atoms with Crippen molar-refractivity contribution in [1.29, 1.82) is 0 Å². The molecular formula is C19H31N3O2. The van der Waals surface area contributed by atoms with E-state index in [4.69, 9.17) is 4.74 Å². The van der Waals surface area contributed by atoms with Crippen LogP contribution in [0.25, 0.3) is 0 Å². The van der Waals surface area contributed by atoms with Crippen LogP contribution in [0.3, 0.4) is 0 Å². The van der Waals surface area contributed by atoms with Crippen molar-refractivity contribution in [2.45, 2.75) is 38.7 Å². The molecule has 134 valence electrons. The topological polar surface area (TPSA) is 53.6 Å². The van der Waals surface area contributed by atoms with Gasteiger partial charge in [-0.1, -0.05) is 38.0 Å². The summed E-state index contributed by atoms with van der Waals surface area (Å²) in [5.41, 5.74) is 1.15. The van der Waals surface area contributed by atoms with E-state index < -0.39 is 0 Å². The number of carbonyl (C=O) groups excluding carboxylic acids is 1. The summed E-state index contributed by atoms with van der Waals surface area (Å²) in [4.78, 5) is 13.9. The van der Waals surface area contributed by atoms with Gasteiger partial charge in [0.15, 0.2) is 0 Å². The number of nitrogens with one attached hydrogen (secondary N) is 2. The number of nitrogens with zero attached hydrogens (tertiary/aromatic N) is 1. The Bertz CT molecular complexity index is 481. The average molecular weight is 333 g/mol. The first kappa shape index (κ1) is 18.6. The molecule has 1 aromatic rings. The van der Waals surface area contributed by atoms with Crippen LogP contribution < -0.4 is 15.5 Å². The number of benzene rings is 1. The van der Waals surface area contributed by atoms with E-state index >= 15 is 0 Å². The van der Waals surface area contributed by atoms with Gasteiger partial charge in [-0.2, -0.15) is 0 Å². The molecule has 2 rings (SSSR count). The fraction of sp³-hybridized carbons (Fsp3) is 0.632. The summed E-state index contributed by atoms with van der Waals surface area (Å²) < 4.78 is 5.90. The van der Waals surface area contributed by atoms with Gasteiger partial charge in [0.2, 0.25) is 0 Å². The molecule has 0 aromatic heterocycles. The molecule has 0 saturated heterocycles. The van der Waals surface area contributed by atoms with Crippen LogP contribution in [0, 0.1) is 5.92 Å². The van der Waals surface area contributed by atoms with Gasteiger partial charge in [-0.15, -0.1) is 0 Å². The molecule has 5 nitrogen and oxygen atoms in total. The molecule has 2 unspecified atom stereocenters. The molecule has 0 spiro atoms. The summed E-state index contributed by atoms with van der Waals surface area (Å²) >= 11 is 0. The van der Waals surface area contributed by atoms with Gasteiger partial charge in [-0.25, -0.2) is 4.79 Å². The lowest BCUT2D eigenvalue weighted by atomic mass is 9.88. The molecule has 24 heavy (non-hydrogen) atoms. The van der Waals surface area contributed by atoms with Gasteiger partial charge < -0.3 is 20.3 Å². The highest BCUT2D eigenvalue weighted by Gasteiger charge is 2.21. The summed E-state index contributed by atoms with van der Waals surface area (Å²) in [6.45, 7) is 4.79. The highest BCUT2D eigenvalue weighted by atomic mass is 16.5. The quantitative estimate of drug-likeness (QED) is 0.719. The maximum absolute atomic E-state index is 11.8. The van der Waals surface area contributed by atoms with E-state index in [0.717, 1.165) is 18.7 Å². The monoisotopic (exact) mass is 333 g/mol. The van der Waals surface area contributed by atoms with E-state index in [1.54, 1.807) is 0 Å². The maximum Gasteiger partial charge on any atom is 0.314 e. The van der Waals surface area contributed by atoms with Crippen LogP contribution in [0.5, 0.6) is 0 Å². The molecule has 1 aliphatic rings. The molecule has 1 fully saturated rings. The normalized spacial score (nSPS) is 20.4. The van der Waals surface area contributed by atoms with Crippen LogP contribution in [0.2, 0.25) is 0 Å². The molecule has 2 N–H and O–H groups in total. The van der Waals surface area contributed by atoms with E-state index in [2.05, 4.69) is 34.6 Å². The highest BCUT2D eigenvalue weighted by Crippen LogP contribution is 2.25. The van der Waals surface area contributed by atoms with Crippen molar-refractivity contribution in [2.24, 2.45) is 5.92 Å². The number of urea groups is 1. The first-order valence-corrected chi connectivity index (χ1v) is 9.06. The molecule has 2 atom stereocenters. The Morgan fingerprint density at radius 3 is 2.62 bits per heavy atom. The zero-order valence-corrected chi connectivity index (χ0v) is 15.0. The predicted molar refractivity (Wildman–Crippen MR) is 98.5 cm³/mol. The number of likely N-dealkylation sites (N-methyl/N-ethyl adjacent to an activating group) is 1. The molecule has 0 aliphatic heterocycles. The zero-order valence-electron chi connectivity index (χ0n) is 15.0. The minimum Gasteiger partial charge on any atom is -0.376 e. The van der Waals surface area contributed by atoms with Gasteiger partial charge in [-0.3, -0.25) is 0 Å². The fourth-order valence-corrected chi connectivity index (χ4v) is 3.12. The number of para-hydroxylation sites is 1. The third kappa shape index (κ3) is 6.40. The molecular weight excluding hydrogens is 302 g/mol. The Hall–Kier alpha value is -1.75. The summed E-state index contributed by atoms with van der Waals surface area (Å²) in [6.07, 6.45) is 5.35. The smallest absolute Gasteiger partial charge is 0.314 e. The van der Waals surface area contributed by atoms with E-state index in [0.29, 0.717) is 31.7 Å². The number of rotatable bonds is 8. The second kappa shape index (κ2) is 10.2. The van der Waals surface area contributed by atoms with Crippen molar-refractivity contribution < 1.29 is 9.53 Å². The second-order valence-corrected chi connectivity index (χ2v) is 6.61. The fourth-order valence-electron chi connectivity index (χ4n) is 3.12. The Morgan fingerprint density at radius 2 is 1.88 bits per heavy atom. The van der Waals surface area contributed by atoms with Crippen LogP contribution in [-0.4, -0.2) is 45.4 Å². The number of anilines is 1. The van der Waals surface area contributed by atoms with E-state index in [9.17, 15) is 4.79 Å². The standard InChI is InChI=1S/C19H31N3O2/c1-16-8-6-7-11-18(16)24-15-13-21-19(23)20-12-14-22(2)17-9-4-3-5-10-17/h3-5,9-10,16,18H,6-8,11-15H2,1-2H3,(H2,20,21,23). The molecule has 0 bridgehead atoms. The summed E-state index contributed by atoms with van der Waals surface area (Å²) in [5.74, 6) is 0.640. The molecule has 2 amide bonds. The van der Waals surface area contributed by atoms with Gasteiger partial charge in [0.05, 0.1) is 12.7 Å². The number of carbonyl (C=O) groups is 1. The van der Waals surface area contributed by atoms with E-state index in [-0.39, 0.29) is 6.03 Å². The minimum atomic E-state index is -0.128. The molecule has 1 aliphatic carbocycles. The van der Waals surface area contributed by atoms with Crippen molar-refractivity contribution in [2.75, 3.05) is 38.2 Å². The van der Waals surface area contributed by atoms with Crippen molar-refractivity contribution in [1.82, 2.24) is 10.6 Å². The lowest BCUT2D eigenvalue weighted by molar-refractivity contribution is -0.00242. The largest absolute Gasteiger partial charge is 0.376 e. The summed E-state index contributed by atoms with van der Waals surface area (Å²) in [6, 6.07) is 10.0. The first-order valence-electron chi connectivity index (χ1n) is 9.06. The van der Waals surface area contributed by atoms with Crippen molar-refractivity contribution in [3.8, 4) is 0 Å². The van der Waals surface area contributed by atoms with Crippen molar-refractivity contribution >= 4 is 11.7 Å². The molecule has 0 radical (unpaired) electrons. The Morgan fingerprint density at radius 1 is 1.17 bits per heavy atom. The van der Waals surface area contributed by atoms with Gasteiger partial charge >= 0.3 is 6.03 Å². The van der Waals surface area contributed by atoms with Crippen LogP contribution in [0.1, 0.15) is 32.6 Å². The van der Waals surface area contributed by atoms with E-state index in [1.165, 1.54) is 19.3 Å². The molecule has 1 saturated carbocycles. The van der Waals surface area contributed by atoms with Crippen LogP contribution in [0.15, 0.2) is 30.3 Å². The van der Waals surface area contributed by atoms with Gasteiger partial charge in [0.25, 0.3) is 0 Å². The summed E-state index contributed by atoms with van der Waals surface area (Å²) in [7, 11) is 2.02. The van der Waals surface area contributed by atoms with Crippen molar-refractivity contribution in [3.05, 3.63) is 30.3 Å². The maximum atomic E-state index is 11.8. The van der Waals surface area contributed by atoms with Crippen LogP contribution in [-0.2, 0) is 4.74 Å². The first-order chi connectivity index (χ1) is 11.7. The zero-order chi connectivity index (χ0) is 17.2. The summed E-state index contributed by atoms with van der Waals surface area (Å²) in [5, 5.41) is 5.74. The van der Waals surface area contributed by atoms with Crippen LogP contribution >= 0.6 is 0 Å². The van der Waals surface area contributed by atoms with Crippen molar-refractivity contribution in [3.63, 3.8) is 0 Å². The predicted octanol–water partition coefficient (Wildman–Crippen LogP) is 3.02. The van der Waals surface area contributed by atoms with Crippen LogP contribution in [0.4, 0.5) is 10.5 Å².